The van der Waals surface area contributed by atoms with Crippen molar-refractivity contribution < 1.29 is 9.59 Å². The number of carbonyl (C=O) groups is 2. The van der Waals surface area contributed by atoms with Crippen LogP contribution in [-0.4, -0.2) is 33.7 Å². The molecule has 18 heavy (non-hydrogen) atoms. The van der Waals surface area contributed by atoms with Gasteiger partial charge in [0.05, 0.1) is 0 Å². The molecule has 0 aromatic rings. The first-order valence-corrected chi connectivity index (χ1v) is 8.81. The van der Waals surface area contributed by atoms with E-state index in [4.69, 9.17) is 0 Å². The summed E-state index contributed by atoms with van der Waals surface area (Å²) in [6, 6.07) is 0. The highest BCUT2D eigenvalue weighted by molar-refractivity contribution is 9.09. The average molecular weight is 334 g/mol. The van der Waals surface area contributed by atoms with Crippen molar-refractivity contribution in [3.8, 4) is 0 Å². The molecule has 0 atom stereocenters. The van der Waals surface area contributed by atoms with Crippen molar-refractivity contribution in [1.82, 2.24) is 4.90 Å². The fourth-order valence-electron chi connectivity index (χ4n) is 2.84. The van der Waals surface area contributed by atoms with E-state index in [1.165, 1.54) is 42.3 Å². The van der Waals surface area contributed by atoms with Crippen LogP contribution in [0.25, 0.3) is 0 Å². The molecule has 1 heterocycles. The third kappa shape index (κ3) is 3.29. The third-order valence-corrected chi connectivity index (χ3v) is 6.07. The lowest BCUT2D eigenvalue weighted by Gasteiger charge is -2.36. The van der Waals surface area contributed by atoms with Crippen LogP contribution in [0.15, 0.2) is 0 Å². The Hall–Kier alpha value is -0.0300. The van der Waals surface area contributed by atoms with E-state index in [0.29, 0.717) is 18.7 Å². The zero-order chi connectivity index (χ0) is 13.0. The Morgan fingerprint density at radius 2 is 1.83 bits per heavy atom. The number of carbonyl (C=O) groups excluding carboxylic acids is 2. The van der Waals surface area contributed by atoms with Crippen molar-refractivity contribution in [3.63, 3.8) is 0 Å². The standard InChI is InChI=1S/C13H20BrNO2S/c14-9-13(6-3-1-2-4-7-13)10-15-11(16)5-8-18-12(15)17/h1-10H2. The maximum absolute atomic E-state index is 11.9. The van der Waals surface area contributed by atoms with Crippen molar-refractivity contribution in [2.24, 2.45) is 5.41 Å². The van der Waals surface area contributed by atoms with Gasteiger partial charge in [-0.1, -0.05) is 53.4 Å². The minimum atomic E-state index is -0.0455. The predicted molar refractivity (Wildman–Crippen MR) is 78.1 cm³/mol. The Bertz CT molecular complexity index is 311. The smallest absolute Gasteiger partial charge is 0.274 e. The molecule has 102 valence electrons. The van der Waals surface area contributed by atoms with Gasteiger partial charge in [0.2, 0.25) is 5.91 Å². The number of amides is 2. The predicted octanol–water partition coefficient (Wildman–Crippen LogP) is 3.81. The average Bonchev–Trinajstić information content (AvgIpc) is 2.60. The Kier molecular flexibility index (Phi) is 5.13. The van der Waals surface area contributed by atoms with E-state index in [0.717, 1.165) is 18.2 Å². The maximum atomic E-state index is 11.9. The zero-order valence-electron chi connectivity index (χ0n) is 10.6. The molecule has 3 nitrogen and oxygen atoms in total. The van der Waals surface area contributed by atoms with E-state index in [2.05, 4.69) is 15.9 Å². The van der Waals surface area contributed by atoms with E-state index in [1.807, 2.05) is 0 Å². The van der Waals surface area contributed by atoms with Crippen molar-refractivity contribution in [2.75, 3.05) is 17.6 Å². The molecule has 1 aliphatic heterocycles. The summed E-state index contributed by atoms with van der Waals surface area (Å²) in [5, 5.41) is 0.845. The van der Waals surface area contributed by atoms with Gasteiger partial charge in [-0.2, -0.15) is 0 Å². The molecule has 0 radical (unpaired) electrons. The van der Waals surface area contributed by atoms with Gasteiger partial charge in [-0.25, -0.2) is 0 Å². The lowest BCUT2D eigenvalue weighted by Crippen LogP contribution is -2.46. The van der Waals surface area contributed by atoms with Gasteiger partial charge < -0.3 is 0 Å². The van der Waals surface area contributed by atoms with Crippen LogP contribution < -0.4 is 0 Å². The highest BCUT2D eigenvalue weighted by Gasteiger charge is 2.37. The number of rotatable bonds is 3. The molecule has 2 aliphatic rings. The van der Waals surface area contributed by atoms with Crippen molar-refractivity contribution in [1.29, 1.82) is 0 Å². The molecule has 0 bridgehead atoms. The summed E-state index contributed by atoms with van der Waals surface area (Å²) >= 11 is 4.90. The lowest BCUT2D eigenvalue weighted by atomic mass is 9.82. The van der Waals surface area contributed by atoms with Crippen LogP contribution in [0.2, 0.25) is 0 Å². The monoisotopic (exact) mass is 333 g/mol. The minimum Gasteiger partial charge on any atom is -0.274 e. The number of halogens is 1. The van der Waals surface area contributed by atoms with Gasteiger partial charge >= 0.3 is 0 Å². The van der Waals surface area contributed by atoms with Gasteiger partial charge in [-0.05, 0) is 18.3 Å². The van der Waals surface area contributed by atoms with Gasteiger partial charge in [-0.3, -0.25) is 14.5 Å². The fraction of sp³-hybridized carbons (Fsp3) is 0.846. The highest BCUT2D eigenvalue weighted by atomic mass is 79.9. The quantitative estimate of drug-likeness (QED) is 0.582. The second kappa shape index (κ2) is 6.42. The van der Waals surface area contributed by atoms with Gasteiger partial charge in [-0.15, -0.1) is 0 Å². The molecule has 2 rings (SSSR count). The second-order valence-electron chi connectivity index (χ2n) is 5.39. The first kappa shape index (κ1) is 14.4. The van der Waals surface area contributed by atoms with E-state index < -0.39 is 0 Å². The number of hydrogen-bond acceptors (Lipinski definition) is 3. The molecule has 0 spiro atoms. The van der Waals surface area contributed by atoms with Gasteiger partial charge in [0.15, 0.2) is 0 Å². The number of alkyl halides is 1. The third-order valence-electron chi connectivity index (χ3n) is 4.00. The van der Waals surface area contributed by atoms with Crippen molar-refractivity contribution >= 4 is 38.8 Å². The molecule has 0 aromatic carbocycles. The van der Waals surface area contributed by atoms with Gasteiger partial charge in [0.1, 0.15) is 0 Å². The lowest BCUT2D eigenvalue weighted by molar-refractivity contribution is -0.128. The van der Waals surface area contributed by atoms with Crippen LogP contribution in [0, 0.1) is 5.41 Å². The highest BCUT2D eigenvalue weighted by Crippen LogP contribution is 2.38. The first-order chi connectivity index (χ1) is 8.67. The van der Waals surface area contributed by atoms with Crippen molar-refractivity contribution in [3.05, 3.63) is 0 Å². The molecule has 1 saturated heterocycles. The second-order valence-corrected chi connectivity index (χ2v) is 7.00. The Morgan fingerprint density at radius 1 is 1.17 bits per heavy atom. The summed E-state index contributed by atoms with van der Waals surface area (Å²) in [7, 11) is 0. The Morgan fingerprint density at radius 3 is 2.39 bits per heavy atom. The molecule has 5 heteroatoms. The molecule has 0 aromatic heterocycles. The molecule has 0 N–H and O–H groups in total. The van der Waals surface area contributed by atoms with Crippen LogP contribution in [0.3, 0.4) is 0 Å². The molecular formula is C13H20BrNO2S. The molecule has 2 amide bonds. The number of nitrogens with zero attached hydrogens (tertiary/aromatic N) is 1. The topological polar surface area (TPSA) is 37.4 Å². The molecule has 0 unspecified atom stereocenters. The normalized spacial score (nSPS) is 25.1. The number of hydrogen-bond donors (Lipinski definition) is 0. The number of imide groups is 1. The molecule has 1 aliphatic carbocycles. The van der Waals surface area contributed by atoms with E-state index in [9.17, 15) is 9.59 Å². The summed E-state index contributed by atoms with van der Waals surface area (Å²) in [5.74, 6) is 0.665. The van der Waals surface area contributed by atoms with E-state index in [1.54, 1.807) is 0 Å². The largest absolute Gasteiger partial charge is 0.288 e. The summed E-state index contributed by atoms with van der Waals surface area (Å²) in [6.45, 7) is 0.614. The molecular weight excluding hydrogens is 314 g/mol. The SMILES string of the molecule is O=C1CCSC(=O)N1CC1(CBr)CCCCCC1. The minimum absolute atomic E-state index is 0.0170. The van der Waals surface area contributed by atoms with Crippen LogP contribution >= 0.6 is 27.7 Å². The summed E-state index contributed by atoms with van der Waals surface area (Å²) in [6.07, 6.45) is 7.76. The summed E-state index contributed by atoms with van der Waals surface area (Å²) in [5.41, 5.74) is 0.111. The maximum Gasteiger partial charge on any atom is 0.288 e. The zero-order valence-corrected chi connectivity index (χ0v) is 13.0. The van der Waals surface area contributed by atoms with Crippen LogP contribution in [0.4, 0.5) is 4.79 Å². The Labute approximate surface area is 121 Å². The van der Waals surface area contributed by atoms with E-state index in [-0.39, 0.29) is 16.6 Å². The van der Waals surface area contributed by atoms with Crippen LogP contribution in [0.5, 0.6) is 0 Å². The molecule has 1 saturated carbocycles. The fourth-order valence-corrected chi connectivity index (χ4v) is 4.35. The van der Waals surface area contributed by atoms with Crippen molar-refractivity contribution in [2.45, 2.75) is 44.9 Å². The summed E-state index contributed by atoms with van der Waals surface area (Å²) in [4.78, 5) is 25.3. The van der Waals surface area contributed by atoms with Gasteiger partial charge in [0, 0.05) is 24.0 Å². The number of thioether (sulfide) groups is 1. The summed E-state index contributed by atoms with van der Waals surface area (Å²) < 4.78 is 0. The Balaban J connectivity index is 2.07. The van der Waals surface area contributed by atoms with Crippen LogP contribution in [-0.2, 0) is 4.79 Å². The first-order valence-electron chi connectivity index (χ1n) is 6.70. The van der Waals surface area contributed by atoms with E-state index >= 15 is 0 Å². The molecule has 2 fully saturated rings. The van der Waals surface area contributed by atoms with Gasteiger partial charge in [0.25, 0.3) is 5.24 Å². The van der Waals surface area contributed by atoms with Crippen LogP contribution in [0.1, 0.15) is 44.9 Å².